The number of hydrogen-bond donors (Lipinski definition) is 4. The third-order valence-corrected chi connectivity index (χ3v) is 6.78. The molecule has 2 aliphatic heterocycles. The number of nitrogen functional groups attached to an aromatic ring is 2. The summed E-state index contributed by atoms with van der Waals surface area (Å²) < 4.78 is 5.53. The molecule has 1 amide bonds. The third-order valence-electron chi connectivity index (χ3n) is 6.50. The average Bonchev–Trinajstić information content (AvgIpc) is 3.25. The lowest BCUT2D eigenvalue weighted by Gasteiger charge is -2.39. The predicted molar refractivity (Wildman–Crippen MR) is 144 cm³/mol. The largest absolute Gasteiger partial charge is 0.383 e. The van der Waals surface area contributed by atoms with Gasteiger partial charge in [0.25, 0.3) is 5.91 Å². The first-order valence-corrected chi connectivity index (χ1v) is 12.7. The van der Waals surface area contributed by atoms with Crippen molar-refractivity contribution in [1.82, 2.24) is 20.2 Å². The summed E-state index contributed by atoms with van der Waals surface area (Å²) in [7, 11) is 0. The Morgan fingerprint density at radius 1 is 1.16 bits per heavy atom. The van der Waals surface area contributed by atoms with Crippen LogP contribution in [0.2, 0.25) is 5.15 Å². The van der Waals surface area contributed by atoms with Crippen LogP contribution >= 0.6 is 11.6 Å². The molecule has 198 valence electrons. The monoisotopic (exact) mass is 528 g/mol. The highest BCUT2D eigenvalue weighted by Gasteiger charge is 2.40. The van der Waals surface area contributed by atoms with E-state index < -0.39 is 0 Å². The number of likely N-dealkylation sites (tertiary alicyclic amines) is 1. The van der Waals surface area contributed by atoms with E-state index in [2.05, 4.69) is 25.6 Å². The van der Waals surface area contributed by atoms with Crippen LogP contribution in [0.5, 0.6) is 0 Å². The zero-order valence-corrected chi connectivity index (χ0v) is 21.8. The standard InChI is InChI=1S/C25H33ClN8O3/c1-15(2)37-12-9-29-17-5-3-16(4-6-17)24(36)34-10-7-25(8-11-34)14-30-19(33-25)13-18(35)20-22(27)32-23(28)21(26)31-20/h3-6,15,29H,7-14H2,1-2H3,(H,30,33)(H4,27,28,32). The Kier molecular flexibility index (Phi) is 8.13. The van der Waals surface area contributed by atoms with E-state index in [1.54, 1.807) is 0 Å². The summed E-state index contributed by atoms with van der Waals surface area (Å²) in [4.78, 5) is 40.0. The number of rotatable bonds is 9. The number of amides is 1. The van der Waals surface area contributed by atoms with E-state index in [0.29, 0.717) is 44.2 Å². The number of carbonyl (C=O) groups is 2. The van der Waals surface area contributed by atoms with Gasteiger partial charge in [-0.05, 0) is 51.0 Å². The lowest BCUT2D eigenvalue weighted by molar-refractivity contribution is 0.0668. The Hall–Kier alpha value is -3.44. The molecule has 4 rings (SSSR count). The van der Waals surface area contributed by atoms with Crippen LogP contribution in [0.3, 0.4) is 0 Å². The van der Waals surface area contributed by atoms with E-state index >= 15 is 0 Å². The third kappa shape index (κ3) is 6.47. The SMILES string of the molecule is CC(C)OCCNc1ccc(C(=O)N2CCC3(CC2)CN=C(CC(=O)c2nc(Cl)c(N)nc2N)N3)cc1. The number of nitrogens with zero attached hydrogens (tertiary/aromatic N) is 4. The van der Waals surface area contributed by atoms with Crippen molar-refractivity contribution in [1.29, 1.82) is 0 Å². The molecule has 2 aromatic rings. The van der Waals surface area contributed by atoms with Gasteiger partial charge in [-0.2, -0.15) is 0 Å². The van der Waals surface area contributed by atoms with Gasteiger partial charge in [-0.15, -0.1) is 0 Å². The number of aliphatic imine (C=N–C) groups is 1. The van der Waals surface area contributed by atoms with Gasteiger partial charge in [-0.25, -0.2) is 9.97 Å². The van der Waals surface area contributed by atoms with Crippen molar-refractivity contribution in [3.63, 3.8) is 0 Å². The number of Topliss-reactive ketones (excluding diaryl/α,β-unsaturated/α-hetero) is 1. The fourth-order valence-electron chi connectivity index (χ4n) is 4.44. The minimum Gasteiger partial charge on any atom is -0.383 e. The van der Waals surface area contributed by atoms with E-state index in [-0.39, 0.29) is 52.2 Å². The van der Waals surface area contributed by atoms with Gasteiger partial charge in [0.1, 0.15) is 5.84 Å². The highest BCUT2D eigenvalue weighted by Crippen LogP contribution is 2.28. The van der Waals surface area contributed by atoms with E-state index in [0.717, 1.165) is 18.5 Å². The van der Waals surface area contributed by atoms with Crippen LogP contribution in [0.1, 0.15) is 54.0 Å². The van der Waals surface area contributed by atoms with E-state index in [1.165, 1.54) is 0 Å². The highest BCUT2D eigenvalue weighted by atomic mass is 35.5. The predicted octanol–water partition coefficient (Wildman–Crippen LogP) is 2.38. The maximum Gasteiger partial charge on any atom is 0.253 e. The Balaban J connectivity index is 1.26. The highest BCUT2D eigenvalue weighted by molar-refractivity contribution is 6.31. The molecule has 11 nitrogen and oxygen atoms in total. The fourth-order valence-corrected chi connectivity index (χ4v) is 4.57. The molecule has 6 N–H and O–H groups in total. The molecule has 2 aliphatic rings. The van der Waals surface area contributed by atoms with Gasteiger partial charge in [-0.1, -0.05) is 11.6 Å². The fraction of sp³-hybridized carbons (Fsp3) is 0.480. The maximum atomic E-state index is 13.0. The summed E-state index contributed by atoms with van der Waals surface area (Å²) in [6.45, 7) is 7.08. The van der Waals surface area contributed by atoms with Crippen molar-refractivity contribution in [2.45, 2.75) is 44.8 Å². The van der Waals surface area contributed by atoms with Gasteiger partial charge in [0.05, 0.1) is 31.2 Å². The van der Waals surface area contributed by atoms with E-state index in [9.17, 15) is 9.59 Å². The molecule has 12 heteroatoms. The molecule has 0 atom stereocenters. The quantitative estimate of drug-likeness (QED) is 0.283. The summed E-state index contributed by atoms with van der Waals surface area (Å²) in [5.41, 5.74) is 12.7. The van der Waals surface area contributed by atoms with Crippen LogP contribution in [-0.2, 0) is 4.74 Å². The number of carbonyl (C=O) groups excluding carboxylic acids is 2. The van der Waals surface area contributed by atoms with Gasteiger partial charge in [-0.3, -0.25) is 14.6 Å². The zero-order chi connectivity index (χ0) is 26.6. The van der Waals surface area contributed by atoms with Crippen molar-refractivity contribution >= 4 is 46.5 Å². The minimum absolute atomic E-state index is 0.00744. The number of piperidine rings is 1. The van der Waals surface area contributed by atoms with Gasteiger partial charge in [0.2, 0.25) is 0 Å². The maximum absolute atomic E-state index is 13.0. The smallest absolute Gasteiger partial charge is 0.253 e. The lowest BCUT2D eigenvalue weighted by Crippen LogP contribution is -2.55. The van der Waals surface area contributed by atoms with Crippen molar-refractivity contribution in [3.05, 3.63) is 40.7 Å². The van der Waals surface area contributed by atoms with Crippen molar-refractivity contribution in [3.8, 4) is 0 Å². The van der Waals surface area contributed by atoms with E-state index in [4.69, 9.17) is 27.8 Å². The molecule has 0 bridgehead atoms. The number of ketones is 1. The molecular weight excluding hydrogens is 496 g/mol. The number of nitrogens with one attached hydrogen (secondary N) is 2. The van der Waals surface area contributed by atoms with E-state index in [1.807, 2.05) is 43.0 Å². The Morgan fingerprint density at radius 2 is 1.86 bits per heavy atom. The lowest BCUT2D eigenvalue weighted by atomic mass is 9.88. The van der Waals surface area contributed by atoms with Gasteiger partial charge in [0, 0.05) is 30.9 Å². The van der Waals surface area contributed by atoms with Crippen LogP contribution in [0.25, 0.3) is 0 Å². The van der Waals surface area contributed by atoms with Gasteiger partial charge in [0.15, 0.2) is 28.3 Å². The molecule has 0 saturated carbocycles. The Bertz CT molecular complexity index is 1180. The number of nitrogens with two attached hydrogens (primary N) is 2. The number of hydrogen-bond acceptors (Lipinski definition) is 10. The zero-order valence-electron chi connectivity index (χ0n) is 21.1. The molecule has 0 radical (unpaired) electrons. The van der Waals surface area contributed by atoms with Crippen molar-refractivity contribution in [2.75, 3.05) is 49.6 Å². The summed E-state index contributed by atoms with van der Waals surface area (Å²) in [5.74, 6) is 0.158. The van der Waals surface area contributed by atoms with Crippen LogP contribution in [0.4, 0.5) is 17.3 Å². The van der Waals surface area contributed by atoms with Crippen LogP contribution in [0.15, 0.2) is 29.3 Å². The summed E-state index contributed by atoms with van der Waals surface area (Å²) in [6, 6.07) is 7.51. The average molecular weight is 529 g/mol. The van der Waals surface area contributed by atoms with Crippen LogP contribution in [0, 0.1) is 0 Å². The number of halogens is 1. The van der Waals surface area contributed by atoms with Crippen LogP contribution in [-0.4, -0.2) is 76.8 Å². The minimum atomic E-state index is -0.340. The molecule has 1 spiro atoms. The topological polar surface area (TPSA) is 161 Å². The van der Waals surface area contributed by atoms with Gasteiger partial charge >= 0.3 is 0 Å². The molecule has 3 heterocycles. The second-order valence-corrected chi connectivity index (χ2v) is 9.98. The molecule has 1 aromatic heterocycles. The van der Waals surface area contributed by atoms with Crippen LogP contribution < -0.4 is 22.1 Å². The second-order valence-electron chi connectivity index (χ2n) is 9.62. The van der Waals surface area contributed by atoms with Crippen molar-refractivity contribution in [2.24, 2.45) is 4.99 Å². The summed E-state index contributed by atoms with van der Waals surface area (Å²) >= 11 is 5.90. The number of aromatic nitrogens is 2. The normalized spacial score (nSPS) is 16.5. The molecule has 1 aromatic carbocycles. The van der Waals surface area contributed by atoms with Gasteiger partial charge < -0.3 is 31.7 Å². The molecular formula is C25H33ClN8O3. The number of amidine groups is 1. The summed E-state index contributed by atoms with van der Waals surface area (Å²) in [6.07, 6.45) is 1.66. The molecule has 1 fully saturated rings. The first-order valence-electron chi connectivity index (χ1n) is 12.3. The molecule has 0 unspecified atom stereocenters. The number of benzene rings is 1. The number of anilines is 3. The first-order chi connectivity index (χ1) is 17.7. The molecule has 0 aliphatic carbocycles. The first kappa shape index (κ1) is 26.6. The molecule has 37 heavy (non-hydrogen) atoms. The Morgan fingerprint density at radius 3 is 2.54 bits per heavy atom. The summed E-state index contributed by atoms with van der Waals surface area (Å²) in [5, 5.41) is 6.65. The van der Waals surface area contributed by atoms with Crippen molar-refractivity contribution < 1.29 is 14.3 Å². The second kappa shape index (κ2) is 11.3. The number of ether oxygens (including phenoxy) is 1. The Labute approximate surface area is 221 Å². The molecule has 1 saturated heterocycles.